The van der Waals surface area contributed by atoms with Gasteiger partial charge in [-0.05, 0) is 27.7 Å². The largest absolute Gasteiger partial charge is 0.310 e. The lowest BCUT2D eigenvalue weighted by atomic mass is 10.1. The van der Waals surface area contributed by atoms with E-state index in [1.54, 1.807) is 6.92 Å². The number of hydrogen-bond acceptors (Lipinski definition) is 3. The van der Waals surface area contributed by atoms with Gasteiger partial charge >= 0.3 is 0 Å². The van der Waals surface area contributed by atoms with Crippen molar-refractivity contribution in [3.8, 4) is 0 Å². The van der Waals surface area contributed by atoms with Crippen molar-refractivity contribution in [2.75, 3.05) is 0 Å². The van der Waals surface area contributed by atoms with Crippen LogP contribution >= 0.6 is 0 Å². The van der Waals surface area contributed by atoms with Crippen LogP contribution in [0.4, 0.5) is 0 Å². The molecule has 16 heavy (non-hydrogen) atoms. The molecule has 1 rings (SSSR count). The van der Waals surface area contributed by atoms with Crippen molar-refractivity contribution in [1.82, 2.24) is 15.3 Å². The van der Waals surface area contributed by atoms with Crippen LogP contribution in [0.5, 0.6) is 0 Å². The number of nitrogens with zero attached hydrogens (tertiary/aromatic N) is 1. The van der Waals surface area contributed by atoms with E-state index in [1.165, 1.54) is 0 Å². The van der Waals surface area contributed by atoms with Gasteiger partial charge in [-0.1, -0.05) is 6.08 Å². The highest BCUT2D eigenvalue weighted by molar-refractivity contribution is 5.20. The van der Waals surface area contributed by atoms with E-state index in [0.29, 0.717) is 11.4 Å². The predicted molar refractivity (Wildman–Crippen MR) is 65.5 cm³/mol. The first kappa shape index (κ1) is 12.6. The second-order valence-electron chi connectivity index (χ2n) is 4.06. The van der Waals surface area contributed by atoms with Crippen LogP contribution in [0.15, 0.2) is 17.4 Å². The Labute approximate surface area is 95.8 Å². The molecule has 1 aromatic heterocycles. The predicted octanol–water partition coefficient (Wildman–Crippen LogP) is 1.61. The van der Waals surface area contributed by atoms with Crippen LogP contribution in [0.3, 0.4) is 0 Å². The number of aromatic amines is 1. The number of aryl methyl sites for hydroxylation is 2. The molecule has 0 aliphatic carbocycles. The summed E-state index contributed by atoms with van der Waals surface area (Å²) in [5.74, 6) is 0.648. The normalized spacial score (nSPS) is 14.5. The Morgan fingerprint density at radius 2 is 2.06 bits per heavy atom. The summed E-state index contributed by atoms with van der Waals surface area (Å²) in [6.07, 6.45) is 1.81. The van der Waals surface area contributed by atoms with Gasteiger partial charge in [-0.15, -0.1) is 6.58 Å². The van der Waals surface area contributed by atoms with Gasteiger partial charge in [0.05, 0.1) is 5.56 Å². The Bertz CT molecular complexity index is 436. The van der Waals surface area contributed by atoms with Crippen LogP contribution in [0.25, 0.3) is 0 Å². The minimum Gasteiger partial charge on any atom is -0.310 e. The molecule has 88 valence electrons. The van der Waals surface area contributed by atoms with E-state index < -0.39 is 0 Å². The van der Waals surface area contributed by atoms with Gasteiger partial charge in [-0.2, -0.15) is 0 Å². The first-order chi connectivity index (χ1) is 7.45. The zero-order valence-corrected chi connectivity index (χ0v) is 10.3. The van der Waals surface area contributed by atoms with Crippen molar-refractivity contribution in [2.24, 2.45) is 0 Å². The molecule has 2 N–H and O–H groups in total. The van der Waals surface area contributed by atoms with E-state index in [2.05, 4.69) is 21.9 Å². The minimum atomic E-state index is -0.0683. The van der Waals surface area contributed by atoms with Crippen LogP contribution in [-0.4, -0.2) is 16.0 Å². The fraction of sp³-hybridized carbons (Fsp3) is 0.500. The maximum absolute atomic E-state index is 11.8. The van der Waals surface area contributed by atoms with Gasteiger partial charge in [-0.25, -0.2) is 4.98 Å². The van der Waals surface area contributed by atoms with Crippen molar-refractivity contribution in [3.05, 3.63) is 40.1 Å². The average Bonchev–Trinajstić information content (AvgIpc) is 2.15. The van der Waals surface area contributed by atoms with Crippen LogP contribution in [0.1, 0.15) is 37.0 Å². The van der Waals surface area contributed by atoms with E-state index in [4.69, 9.17) is 0 Å². The second kappa shape index (κ2) is 5.07. The highest BCUT2D eigenvalue weighted by atomic mass is 16.1. The molecule has 0 aliphatic heterocycles. The fourth-order valence-corrected chi connectivity index (χ4v) is 1.79. The number of H-pyrrole nitrogens is 1. The maximum atomic E-state index is 11.8. The topological polar surface area (TPSA) is 57.8 Å². The first-order valence-electron chi connectivity index (χ1n) is 5.41. The summed E-state index contributed by atoms with van der Waals surface area (Å²) < 4.78 is 0. The number of rotatable bonds is 4. The van der Waals surface area contributed by atoms with Gasteiger partial charge in [0.1, 0.15) is 5.82 Å². The van der Waals surface area contributed by atoms with Gasteiger partial charge < -0.3 is 10.3 Å². The molecule has 0 saturated heterocycles. The molecule has 4 heteroatoms. The van der Waals surface area contributed by atoms with Gasteiger partial charge in [0.15, 0.2) is 0 Å². The quantitative estimate of drug-likeness (QED) is 0.759. The van der Waals surface area contributed by atoms with E-state index in [-0.39, 0.29) is 17.6 Å². The first-order valence-corrected chi connectivity index (χ1v) is 5.41. The van der Waals surface area contributed by atoms with Crippen molar-refractivity contribution in [3.63, 3.8) is 0 Å². The number of hydrogen-bond donors (Lipinski definition) is 2. The molecule has 0 saturated carbocycles. The van der Waals surface area contributed by atoms with E-state index in [0.717, 1.165) is 5.69 Å². The zero-order valence-electron chi connectivity index (χ0n) is 10.3. The molecular formula is C12H19N3O. The summed E-state index contributed by atoms with van der Waals surface area (Å²) in [4.78, 5) is 18.8. The zero-order chi connectivity index (χ0) is 12.3. The van der Waals surface area contributed by atoms with Gasteiger partial charge in [0, 0.05) is 17.8 Å². The fourth-order valence-electron chi connectivity index (χ4n) is 1.79. The molecule has 0 amide bonds. The summed E-state index contributed by atoms with van der Waals surface area (Å²) in [5, 5.41) is 3.27. The van der Waals surface area contributed by atoms with E-state index in [9.17, 15) is 4.79 Å². The Kier molecular flexibility index (Phi) is 4.01. The number of aromatic nitrogens is 2. The van der Waals surface area contributed by atoms with Crippen molar-refractivity contribution in [2.45, 2.75) is 39.8 Å². The second-order valence-corrected chi connectivity index (χ2v) is 4.06. The van der Waals surface area contributed by atoms with Gasteiger partial charge in [0.25, 0.3) is 5.56 Å². The van der Waals surface area contributed by atoms with Crippen LogP contribution in [0, 0.1) is 13.8 Å². The third-order valence-electron chi connectivity index (χ3n) is 2.56. The average molecular weight is 221 g/mol. The lowest BCUT2D eigenvalue weighted by molar-refractivity contribution is 0.528. The standard InChI is InChI=1S/C12H19N3O/c1-6-7(2)13-8(3)11-9(4)14-10(5)15-12(11)16/h6-8,13H,1H2,2-5H3,(H,14,15,16). The monoisotopic (exact) mass is 221 g/mol. The smallest absolute Gasteiger partial charge is 0.255 e. The van der Waals surface area contributed by atoms with E-state index >= 15 is 0 Å². The lowest BCUT2D eigenvalue weighted by Crippen LogP contribution is -2.32. The highest BCUT2D eigenvalue weighted by Gasteiger charge is 2.15. The molecule has 0 aliphatic rings. The Balaban J connectivity index is 3.04. The van der Waals surface area contributed by atoms with Crippen LogP contribution in [0.2, 0.25) is 0 Å². The summed E-state index contributed by atoms with van der Waals surface area (Å²) in [6, 6.07) is 0.125. The third-order valence-corrected chi connectivity index (χ3v) is 2.56. The molecule has 1 aromatic rings. The summed E-state index contributed by atoms with van der Waals surface area (Å²) in [6.45, 7) is 11.3. The Hall–Kier alpha value is -1.42. The van der Waals surface area contributed by atoms with Crippen molar-refractivity contribution < 1.29 is 0 Å². The number of nitrogens with one attached hydrogen (secondary N) is 2. The maximum Gasteiger partial charge on any atom is 0.255 e. The molecular weight excluding hydrogens is 202 g/mol. The Morgan fingerprint density at radius 3 is 2.56 bits per heavy atom. The lowest BCUT2D eigenvalue weighted by Gasteiger charge is -2.18. The van der Waals surface area contributed by atoms with E-state index in [1.807, 2.05) is 26.8 Å². The van der Waals surface area contributed by atoms with Crippen LogP contribution < -0.4 is 10.9 Å². The van der Waals surface area contributed by atoms with Crippen LogP contribution in [-0.2, 0) is 0 Å². The molecule has 0 aromatic carbocycles. The van der Waals surface area contributed by atoms with Crippen molar-refractivity contribution >= 4 is 0 Å². The Morgan fingerprint density at radius 1 is 1.44 bits per heavy atom. The molecule has 2 atom stereocenters. The third kappa shape index (κ3) is 2.79. The summed E-state index contributed by atoms with van der Waals surface area (Å²) in [7, 11) is 0. The molecule has 1 heterocycles. The molecule has 0 spiro atoms. The SMILES string of the molecule is C=CC(C)NC(C)c1c(C)nc(C)[nH]c1=O. The molecule has 0 radical (unpaired) electrons. The molecule has 4 nitrogen and oxygen atoms in total. The molecule has 2 unspecified atom stereocenters. The minimum absolute atomic E-state index is 0.0372. The molecule has 0 bridgehead atoms. The summed E-state index contributed by atoms with van der Waals surface area (Å²) in [5.41, 5.74) is 1.40. The van der Waals surface area contributed by atoms with Gasteiger partial charge in [-0.3, -0.25) is 4.79 Å². The van der Waals surface area contributed by atoms with Gasteiger partial charge in [0.2, 0.25) is 0 Å². The highest BCUT2D eigenvalue weighted by Crippen LogP contribution is 2.11. The summed E-state index contributed by atoms with van der Waals surface area (Å²) >= 11 is 0. The molecule has 0 fully saturated rings. The van der Waals surface area contributed by atoms with Crippen molar-refractivity contribution in [1.29, 1.82) is 0 Å².